The average molecular weight is 368 g/mol. The number of hydrogen-bond donors (Lipinski definition) is 0. The molecule has 0 saturated heterocycles. The molecule has 0 aliphatic heterocycles. The van der Waals surface area contributed by atoms with Gasteiger partial charge in [0.15, 0.2) is 0 Å². The largest absolute Gasteiger partial charge is 0.281 e. The fraction of sp³-hybridized carbons (Fsp3) is 0.286. The van der Waals surface area contributed by atoms with E-state index in [2.05, 4.69) is 4.98 Å². The number of halogens is 4. The van der Waals surface area contributed by atoms with Crippen molar-refractivity contribution in [3.05, 3.63) is 21.0 Å². The summed E-state index contributed by atoms with van der Waals surface area (Å²) in [6.45, 7) is 1.39. The summed E-state index contributed by atoms with van der Waals surface area (Å²) in [6, 6.07) is 1.38. The molecule has 0 amide bonds. The first kappa shape index (κ1) is 13.0. The molecule has 0 aromatic carbocycles. The average Bonchev–Trinajstić information content (AvgIpc) is 1.99. The Morgan fingerprint density at radius 3 is 2.47 bits per heavy atom. The van der Waals surface area contributed by atoms with E-state index in [9.17, 15) is 17.2 Å². The van der Waals surface area contributed by atoms with E-state index in [0.717, 1.165) is 0 Å². The molecule has 0 unspecified atom stereocenters. The van der Waals surface area contributed by atoms with Crippen molar-refractivity contribution in [3.8, 4) is 0 Å². The zero-order valence-corrected chi connectivity index (χ0v) is 11.1. The lowest BCUT2D eigenvalue weighted by Gasteiger charge is -2.08. The maximum atomic E-state index is 12.5. The summed E-state index contributed by atoms with van der Waals surface area (Å²) in [4.78, 5) is 2.88. The monoisotopic (exact) mass is 367 g/mol. The Kier molecular flexibility index (Phi) is 3.88. The van der Waals surface area contributed by atoms with Crippen LogP contribution in [0.4, 0.5) is 8.78 Å². The number of rotatable bonds is 2. The molecule has 0 spiro atoms. The fourth-order valence-electron chi connectivity index (χ4n) is 1.11. The molecule has 0 atom stereocenters. The molecule has 0 fully saturated rings. The highest BCUT2D eigenvalue weighted by atomic mass is 127. The molecule has 3 nitrogen and oxygen atoms in total. The van der Waals surface area contributed by atoms with Gasteiger partial charge in [-0.25, -0.2) is 22.2 Å². The topological polar surface area (TPSA) is 47.0 Å². The number of hydrogen-bond acceptors (Lipinski definition) is 3. The van der Waals surface area contributed by atoms with E-state index < -0.39 is 26.1 Å². The molecule has 1 aromatic rings. The van der Waals surface area contributed by atoms with Crippen molar-refractivity contribution in [1.29, 1.82) is 0 Å². The van der Waals surface area contributed by atoms with Gasteiger partial charge in [0.05, 0.1) is 0 Å². The van der Waals surface area contributed by atoms with Crippen LogP contribution in [0.25, 0.3) is 0 Å². The zero-order chi connectivity index (χ0) is 11.8. The van der Waals surface area contributed by atoms with Gasteiger partial charge < -0.3 is 0 Å². The molecule has 8 heteroatoms. The normalized spacial score (nSPS) is 12.1. The Bertz CT molecular complexity index is 492. The van der Waals surface area contributed by atoms with Gasteiger partial charge in [0.1, 0.15) is 14.3 Å². The van der Waals surface area contributed by atoms with Gasteiger partial charge in [-0.15, -0.1) is 0 Å². The Labute approximate surface area is 103 Å². The molecule has 0 radical (unpaired) electrons. The van der Waals surface area contributed by atoms with E-state index in [4.69, 9.17) is 10.7 Å². The molecular weight excluding hydrogens is 363 g/mol. The van der Waals surface area contributed by atoms with Crippen LogP contribution in [0.5, 0.6) is 0 Å². The highest BCUT2D eigenvalue weighted by Crippen LogP contribution is 2.30. The maximum Gasteiger partial charge on any atom is 0.281 e. The quantitative estimate of drug-likeness (QED) is 0.459. The summed E-state index contributed by atoms with van der Waals surface area (Å²) in [5.74, 6) is 0. The third-order valence-corrected chi connectivity index (χ3v) is 3.64. The second-order valence-electron chi connectivity index (χ2n) is 2.71. The van der Waals surface area contributed by atoms with Gasteiger partial charge >= 0.3 is 0 Å². The van der Waals surface area contributed by atoms with Gasteiger partial charge in [0.2, 0.25) is 0 Å². The summed E-state index contributed by atoms with van der Waals surface area (Å²) in [5, 5.41) is 0. The van der Waals surface area contributed by atoms with Crippen molar-refractivity contribution in [3.63, 3.8) is 0 Å². The molecule has 15 heavy (non-hydrogen) atoms. The molecule has 0 aliphatic carbocycles. The number of pyridine rings is 1. The lowest BCUT2D eigenvalue weighted by Crippen LogP contribution is -2.06. The van der Waals surface area contributed by atoms with Crippen molar-refractivity contribution >= 4 is 42.3 Å². The van der Waals surface area contributed by atoms with Crippen LogP contribution in [0.2, 0.25) is 0 Å². The van der Waals surface area contributed by atoms with E-state index in [1.165, 1.54) is 13.0 Å². The lowest BCUT2D eigenvalue weighted by molar-refractivity contribution is 0.142. The van der Waals surface area contributed by atoms with E-state index in [-0.39, 0.29) is 5.56 Å². The first-order chi connectivity index (χ1) is 6.73. The molecule has 0 N–H and O–H groups in total. The Morgan fingerprint density at radius 1 is 1.53 bits per heavy atom. The zero-order valence-electron chi connectivity index (χ0n) is 7.34. The Balaban J connectivity index is 3.62. The number of aromatic nitrogens is 1. The highest BCUT2D eigenvalue weighted by Gasteiger charge is 2.26. The van der Waals surface area contributed by atoms with Crippen LogP contribution >= 0.6 is 33.3 Å². The molecular formula is C7H5ClF2INO2S. The van der Waals surface area contributed by atoms with Crippen molar-refractivity contribution in [2.24, 2.45) is 0 Å². The summed E-state index contributed by atoms with van der Waals surface area (Å²) in [7, 11) is 0.862. The third kappa shape index (κ3) is 2.97. The summed E-state index contributed by atoms with van der Waals surface area (Å²) in [5.41, 5.74) is -0.630. The van der Waals surface area contributed by atoms with Crippen molar-refractivity contribution in [2.75, 3.05) is 0 Å². The third-order valence-electron chi connectivity index (χ3n) is 1.60. The van der Waals surface area contributed by atoms with Crippen LogP contribution in [0, 0.1) is 10.6 Å². The molecule has 0 aliphatic rings. The SMILES string of the molecule is Cc1cc(I)nc(C(F)F)c1S(=O)(=O)Cl. The number of aryl methyl sites for hydroxylation is 1. The van der Waals surface area contributed by atoms with Crippen molar-refractivity contribution < 1.29 is 17.2 Å². The second-order valence-corrected chi connectivity index (χ2v) is 6.32. The molecule has 1 rings (SSSR count). The first-order valence-corrected chi connectivity index (χ1v) is 7.02. The van der Waals surface area contributed by atoms with Gasteiger partial charge in [-0.05, 0) is 41.1 Å². The van der Waals surface area contributed by atoms with Gasteiger partial charge in [-0.2, -0.15) is 0 Å². The number of alkyl halides is 2. The van der Waals surface area contributed by atoms with Gasteiger partial charge in [0.25, 0.3) is 15.5 Å². The van der Waals surface area contributed by atoms with Crippen LogP contribution < -0.4 is 0 Å². The first-order valence-electron chi connectivity index (χ1n) is 3.63. The summed E-state index contributed by atoms with van der Waals surface area (Å²) in [6.07, 6.45) is -2.97. The fourth-order valence-corrected chi connectivity index (χ4v) is 3.27. The van der Waals surface area contributed by atoms with Gasteiger partial charge in [-0.1, -0.05) is 0 Å². The molecule has 0 bridgehead atoms. The predicted molar refractivity (Wildman–Crippen MR) is 59.7 cm³/mol. The molecule has 1 heterocycles. The second kappa shape index (κ2) is 4.46. The smallest absolute Gasteiger partial charge is 0.239 e. The number of nitrogens with zero attached hydrogens (tertiary/aromatic N) is 1. The van der Waals surface area contributed by atoms with Gasteiger partial charge in [-0.3, -0.25) is 0 Å². The highest BCUT2D eigenvalue weighted by molar-refractivity contribution is 14.1. The summed E-state index contributed by atoms with van der Waals surface area (Å²) < 4.78 is 47.5. The van der Waals surface area contributed by atoms with Crippen LogP contribution in [0.1, 0.15) is 17.7 Å². The lowest BCUT2D eigenvalue weighted by atomic mass is 10.2. The minimum absolute atomic E-state index is 0.166. The van der Waals surface area contributed by atoms with E-state index in [1.54, 1.807) is 22.6 Å². The summed E-state index contributed by atoms with van der Waals surface area (Å²) >= 11 is 1.73. The van der Waals surface area contributed by atoms with Crippen molar-refractivity contribution in [1.82, 2.24) is 4.98 Å². The van der Waals surface area contributed by atoms with Crippen molar-refractivity contribution in [2.45, 2.75) is 18.2 Å². The Morgan fingerprint density at radius 2 is 2.07 bits per heavy atom. The van der Waals surface area contributed by atoms with E-state index in [1.807, 2.05) is 0 Å². The van der Waals surface area contributed by atoms with Crippen LogP contribution in [0.15, 0.2) is 11.0 Å². The standard InChI is InChI=1S/C7H5ClF2INO2S/c1-3-2-4(11)12-5(7(9)10)6(3)15(8,13)14/h2,7H,1H3. The Hall–Kier alpha value is -0.0200. The molecule has 0 saturated carbocycles. The maximum absolute atomic E-state index is 12.5. The van der Waals surface area contributed by atoms with E-state index >= 15 is 0 Å². The predicted octanol–water partition coefficient (Wildman–Crippen LogP) is 2.86. The van der Waals surface area contributed by atoms with Crippen LogP contribution in [0.3, 0.4) is 0 Å². The van der Waals surface area contributed by atoms with Gasteiger partial charge in [0, 0.05) is 10.7 Å². The molecule has 84 valence electrons. The van der Waals surface area contributed by atoms with Crippen LogP contribution in [-0.4, -0.2) is 13.4 Å². The van der Waals surface area contributed by atoms with E-state index in [0.29, 0.717) is 3.70 Å². The molecule has 1 aromatic heterocycles. The minimum atomic E-state index is -4.20. The van der Waals surface area contributed by atoms with Crippen LogP contribution in [-0.2, 0) is 9.05 Å². The minimum Gasteiger partial charge on any atom is -0.239 e.